The lowest BCUT2D eigenvalue weighted by molar-refractivity contribution is -0.134. The van der Waals surface area contributed by atoms with E-state index in [2.05, 4.69) is 195 Å². The van der Waals surface area contributed by atoms with Gasteiger partial charge in [0.2, 0.25) is 29.5 Å². The number of rotatable bonds is 32. The summed E-state index contributed by atoms with van der Waals surface area (Å²) in [7, 11) is 0. The fourth-order valence-corrected chi connectivity index (χ4v) is 17.4. The van der Waals surface area contributed by atoms with Crippen LogP contribution in [0.2, 0.25) is 0 Å². The van der Waals surface area contributed by atoms with Gasteiger partial charge in [-0.05, 0) is 179 Å². The summed E-state index contributed by atoms with van der Waals surface area (Å²) in [6.07, 6.45) is 10.9. The lowest BCUT2D eigenvalue weighted by Crippen LogP contribution is -2.52. The summed E-state index contributed by atoms with van der Waals surface area (Å²) in [4.78, 5) is 86.6. The second-order valence-electron chi connectivity index (χ2n) is 32.8. The SMILES string of the molecule is NCCCC[C@@H]1N[C@H](CNC(=O)Cc2cccc3ccccc23)CCN(Cc2ccc3ccccc3c2)C1=O.NCCCC[C@@H]1N[C@H](CNC(=O)[C@@H]2Cc3ccccc3CN2)CCN(CC(c2ccccc2)c2ccccc2)C1=O.NCCCC[C@@H]1N[C@H](CNC(=O)c2ccc3ccccc3c2)CCN(CC(c2ccccc2)c2ccccc2)C1=O. The number of benzene rings is 11. The molecule has 630 valence electrons. The Bertz CT molecular complexity index is 5060. The highest BCUT2D eigenvalue weighted by molar-refractivity contribution is 5.99. The first-order valence-electron chi connectivity index (χ1n) is 43.9. The summed E-state index contributed by atoms with van der Waals surface area (Å²) in [5, 5.41) is 30.4. The third kappa shape index (κ3) is 25.0. The maximum absolute atomic E-state index is 13.9. The average Bonchev–Trinajstić information content (AvgIpc) is 1.50. The van der Waals surface area contributed by atoms with Crippen molar-refractivity contribution in [1.29, 1.82) is 0 Å². The molecule has 121 heavy (non-hydrogen) atoms. The van der Waals surface area contributed by atoms with Gasteiger partial charge >= 0.3 is 0 Å². The number of unbranched alkanes of at least 4 members (excludes halogenated alkanes) is 3. The van der Waals surface area contributed by atoms with Crippen LogP contribution in [-0.2, 0) is 49.9 Å². The smallest absolute Gasteiger partial charge is 0.251 e. The Morgan fingerprint density at radius 1 is 0.397 bits per heavy atom. The molecule has 0 radical (unpaired) electrons. The molecule has 19 heteroatoms. The highest BCUT2D eigenvalue weighted by Gasteiger charge is 2.37. The van der Waals surface area contributed by atoms with Gasteiger partial charge in [0.15, 0.2) is 0 Å². The van der Waals surface area contributed by atoms with Crippen LogP contribution in [0, 0.1) is 0 Å². The van der Waals surface area contributed by atoms with Crippen molar-refractivity contribution in [2.24, 2.45) is 17.2 Å². The first-order valence-corrected chi connectivity index (χ1v) is 43.9. The third-order valence-corrected chi connectivity index (χ3v) is 24.2. The first kappa shape index (κ1) is 87.6. The van der Waals surface area contributed by atoms with Crippen molar-refractivity contribution in [3.05, 3.63) is 323 Å². The van der Waals surface area contributed by atoms with Crippen molar-refractivity contribution in [2.45, 2.75) is 157 Å². The van der Waals surface area contributed by atoms with Crippen molar-refractivity contribution in [3.8, 4) is 0 Å². The Kier molecular flexibility index (Phi) is 32.9. The molecule has 0 aromatic heterocycles. The molecule has 4 aliphatic rings. The van der Waals surface area contributed by atoms with Gasteiger partial charge in [-0.3, -0.25) is 28.8 Å². The van der Waals surface area contributed by atoms with Gasteiger partial charge in [-0.15, -0.1) is 0 Å². The van der Waals surface area contributed by atoms with Crippen LogP contribution < -0.4 is 54.4 Å². The van der Waals surface area contributed by atoms with Crippen molar-refractivity contribution < 1.29 is 28.8 Å². The second kappa shape index (κ2) is 45.4. The van der Waals surface area contributed by atoms with Crippen LogP contribution in [0.1, 0.15) is 144 Å². The van der Waals surface area contributed by atoms with E-state index in [1.165, 1.54) is 44.2 Å². The molecule has 0 spiro atoms. The quantitative estimate of drug-likeness (QED) is 0.0176. The van der Waals surface area contributed by atoms with E-state index in [1.807, 2.05) is 130 Å². The van der Waals surface area contributed by atoms with Gasteiger partial charge in [0.05, 0.1) is 30.6 Å². The molecule has 4 aliphatic heterocycles. The molecule has 15 rings (SSSR count). The van der Waals surface area contributed by atoms with Crippen molar-refractivity contribution in [2.75, 3.05) is 72.0 Å². The van der Waals surface area contributed by atoms with Gasteiger partial charge < -0.3 is 69.1 Å². The van der Waals surface area contributed by atoms with Gasteiger partial charge in [0, 0.05) is 101 Å². The normalized spacial score (nSPS) is 18.8. The summed E-state index contributed by atoms with van der Waals surface area (Å²) in [6.45, 7) is 7.73. The van der Waals surface area contributed by atoms with Gasteiger partial charge in [-0.2, -0.15) is 0 Å². The van der Waals surface area contributed by atoms with Crippen LogP contribution in [0.4, 0.5) is 0 Å². The van der Waals surface area contributed by atoms with Crippen LogP contribution in [0.15, 0.2) is 273 Å². The zero-order chi connectivity index (χ0) is 83.9. The Labute approximate surface area is 713 Å². The maximum atomic E-state index is 13.9. The molecule has 3 fully saturated rings. The van der Waals surface area contributed by atoms with Crippen molar-refractivity contribution >= 4 is 67.8 Å². The number of nitrogens with one attached hydrogen (secondary N) is 7. The molecule has 6 amide bonds. The predicted molar refractivity (Wildman–Crippen MR) is 487 cm³/mol. The zero-order valence-electron chi connectivity index (χ0n) is 69.8. The molecule has 19 nitrogen and oxygen atoms in total. The molecule has 0 saturated carbocycles. The van der Waals surface area contributed by atoms with Gasteiger partial charge in [0.25, 0.3) is 5.91 Å². The molecule has 3 saturated heterocycles. The number of amides is 6. The lowest BCUT2D eigenvalue weighted by atomic mass is 9.90. The summed E-state index contributed by atoms with van der Waals surface area (Å²) >= 11 is 0. The minimum absolute atomic E-state index is 0.00331. The Morgan fingerprint density at radius 3 is 1.32 bits per heavy atom. The van der Waals surface area contributed by atoms with Crippen LogP contribution >= 0.6 is 0 Å². The van der Waals surface area contributed by atoms with E-state index >= 15 is 0 Å². The van der Waals surface area contributed by atoms with E-state index in [0.717, 1.165) is 110 Å². The summed E-state index contributed by atoms with van der Waals surface area (Å²) in [5.41, 5.74) is 27.3. The first-order chi connectivity index (χ1) is 59.3. The number of carbonyl (C=O) groups excluding carboxylic acids is 6. The van der Waals surface area contributed by atoms with Crippen molar-refractivity contribution in [1.82, 2.24) is 51.9 Å². The van der Waals surface area contributed by atoms with E-state index in [0.29, 0.717) is 103 Å². The van der Waals surface area contributed by atoms with Crippen LogP contribution in [0.5, 0.6) is 0 Å². The number of nitrogens with two attached hydrogens (primary N) is 3. The monoisotopic (exact) mass is 1620 g/mol. The maximum Gasteiger partial charge on any atom is 0.251 e. The van der Waals surface area contributed by atoms with E-state index in [9.17, 15) is 28.8 Å². The number of carbonyl (C=O) groups is 6. The lowest BCUT2D eigenvalue weighted by Gasteiger charge is -2.29. The highest BCUT2D eigenvalue weighted by Crippen LogP contribution is 2.31. The number of hydrogen-bond donors (Lipinski definition) is 10. The number of fused-ring (bicyclic) bond motifs is 4. The fraction of sp³-hybridized carbons (Fsp3) is 0.353. The molecule has 13 N–H and O–H groups in total. The van der Waals surface area contributed by atoms with Gasteiger partial charge in [-0.1, -0.05) is 274 Å². The Balaban J connectivity index is 0.000000157. The summed E-state index contributed by atoms with van der Waals surface area (Å²) in [5.74, 6) is 0.471. The van der Waals surface area contributed by atoms with Crippen LogP contribution in [0.3, 0.4) is 0 Å². The molecular weight excluding hydrogens is 1500 g/mol. The van der Waals surface area contributed by atoms with Crippen LogP contribution in [0.25, 0.3) is 32.3 Å². The second-order valence-corrected chi connectivity index (χ2v) is 32.8. The van der Waals surface area contributed by atoms with Crippen LogP contribution in [-0.4, -0.2) is 164 Å². The van der Waals surface area contributed by atoms with E-state index < -0.39 is 0 Å². The molecule has 0 aliphatic carbocycles. The predicted octanol–water partition coefficient (Wildman–Crippen LogP) is 13.0. The molecule has 11 aromatic carbocycles. The van der Waals surface area contributed by atoms with E-state index in [1.54, 1.807) is 0 Å². The summed E-state index contributed by atoms with van der Waals surface area (Å²) in [6, 6.07) is 91.7. The molecule has 11 aromatic rings. The standard InChI is InChI=1S/C35H40N4O2.C34H43N5O2.C33H38N4O2/c36-21-10-9-17-33-35(41)39(25-32(27-12-3-1-4-13-27)28-14-5-2-6-15-28)22-20-31(38-33)24-37-34(40)30-19-18-26-11-7-8-16-29(26)23-30;35-19-10-9-17-31-34(41)39(24-30(25-11-3-1-4-12-25)26-13-5-2-6-14-26)20-18-29(38-31)23-37-33(40)32-21-27-15-7-8-16-28(27)22-36-32;34-18-6-5-14-31-33(39)37(23-24-15-16-25-8-1-2-10-27(25)20-24)19-17-29(36-31)22-35-32(38)21-28-12-7-11-26-9-3-4-13-30(26)28/h1-8,11-16,18-19,23,31-33,38H,9-10,17,20-22,24-25,36H2,(H,37,40);1-8,11-16,29-32,36,38H,9-10,17-24,35H2,(H,37,40);1-4,7-13,15-16,20,29,31,36H,5-6,14,17-19,21-23,34H2,(H,35,38)/t31-,33-;29-,31-,32-;29-,31-/m000/s1. The minimum Gasteiger partial charge on any atom is -0.354 e. The Hall–Kier alpha value is -11.3. The van der Waals surface area contributed by atoms with E-state index in [-0.39, 0.29) is 89.6 Å². The number of nitrogens with zero attached hydrogens (tertiary/aromatic N) is 3. The topological polar surface area (TPSA) is 274 Å². The zero-order valence-corrected chi connectivity index (χ0v) is 69.8. The largest absolute Gasteiger partial charge is 0.354 e. The molecular formula is C102H121N13O6. The third-order valence-electron chi connectivity index (χ3n) is 24.2. The minimum atomic E-state index is -0.307. The Morgan fingerprint density at radius 2 is 0.810 bits per heavy atom. The molecule has 7 atom stereocenters. The highest BCUT2D eigenvalue weighted by atomic mass is 16.2. The number of hydrogen-bond acceptors (Lipinski definition) is 13. The van der Waals surface area contributed by atoms with Crippen molar-refractivity contribution in [3.63, 3.8) is 0 Å². The van der Waals surface area contributed by atoms with E-state index in [4.69, 9.17) is 17.2 Å². The molecule has 0 unspecified atom stereocenters. The molecule has 0 bridgehead atoms. The molecule has 4 heterocycles. The summed E-state index contributed by atoms with van der Waals surface area (Å²) < 4.78 is 0. The fourth-order valence-electron chi connectivity index (χ4n) is 17.4. The average molecular weight is 1630 g/mol. The van der Waals surface area contributed by atoms with Gasteiger partial charge in [0.1, 0.15) is 0 Å². The van der Waals surface area contributed by atoms with Gasteiger partial charge in [-0.25, -0.2) is 0 Å².